The fourth-order valence-corrected chi connectivity index (χ4v) is 2.92. The summed E-state index contributed by atoms with van der Waals surface area (Å²) in [6.45, 7) is 2.25. The fourth-order valence-electron chi connectivity index (χ4n) is 2.92. The highest BCUT2D eigenvalue weighted by atomic mass is 16.5. The lowest BCUT2D eigenvalue weighted by Crippen LogP contribution is -2.09. The number of ether oxygens (including phenoxy) is 2. The van der Waals surface area contributed by atoms with Crippen LogP contribution in [-0.2, 0) is 6.42 Å². The number of amidine groups is 1. The first-order valence-electron chi connectivity index (χ1n) is 9.74. The largest absolute Gasteiger partial charge is 0.497 e. The zero-order valence-electron chi connectivity index (χ0n) is 17.8. The van der Waals surface area contributed by atoms with Crippen LogP contribution < -0.4 is 20.5 Å². The van der Waals surface area contributed by atoms with E-state index < -0.39 is 5.91 Å². The molecule has 0 saturated carbocycles. The smallest absolute Gasteiger partial charge is 0.318 e. The molecule has 31 heavy (non-hydrogen) atoms. The summed E-state index contributed by atoms with van der Waals surface area (Å²) in [4.78, 5) is 24.8. The number of nitrogens with zero attached hydrogens (tertiary/aromatic N) is 3. The number of aromatic nitrogens is 2. The molecule has 0 aliphatic carbocycles. The van der Waals surface area contributed by atoms with Crippen LogP contribution >= 0.6 is 0 Å². The van der Waals surface area contributed by atoms with Gasteiger partial charge in [-0.05, 0) is 43.2 Å². The van der Waals surface area contributed by atoms with Gasteiger partial charge in [-0.2, -0.15) is 15.0 Å². The third kappa shape index (κ3) is 6.02. The topological polar surface area (TPSA) is 112 Å². The average molecular weight is 419 g/mol. The third-order valence-electron chi connectivity index (χ3n) is 4.45. The van der Waals surface area contributed by atoms with E-state index in [-0.39, 0.29) is 11.8 Å². The van der Waals surface area contributed by atoms with Crippen LogP contribution in [0.4, 0.5) is 5.82 Å². The lowest BCUT2D eigenvalue weighted by atomic mass is 10.1. The molecule has 0 spiro atoms. The third-order valence-corrected chi connectivity index (χ3v) is 4.45. The molecule has 8 nitrogen and oxygen atoms in total. The number of aliphatic imine (C=N–C) groups is 1. The van der Waals surface area contributed by atoms with E-state index in [9.17, 15) is 4.79 Å². The van der Waals surface area contributed by atoms with Gasteiger partial charge in [0.05, 0.1) is 19.9 Å². The molecule has 0 saturated heterocycles. The highest BCUT2D eigenvalue weighted by Gasteiger charge is 2.10. The zero-order valence-corrected chi connectivity index (χ0v) is 17.8. The Kier molecular flexibility index (Phi) is 7.16. The van der Waals surface area contributed by atoms with E-state index in [1.54, 1.807) is 32.2 Å². The van der Waals surface area contributed by atoms with Crippen LogP contribution in [0.25, 0.3) is 11.3 Å². The minimum Gasteiger partial charge on any atom is -0.497 e. The van der Waals surface area contributed by atoms with Crippen molar-refractivity contribution >= 4 is 17.6 Å². The van der Waals surface area contributed by atoms with Crippen molar-refractivity contribution in [2.45, 2.75) is 13.3 Å². The second kappa shape index (κ2) is 10.2. The molecule has 1 aromatic heterocycles. The Morgan fingerprint density at radius 2 is 1.84 bits per heavy atom. The first-order valence-corrected chi connectivity index (χ1v) is 9.74. The minimum atomic E-state index is -0.402. The Morgan fingerprint density at radius 1 is 1.06 bits per heavy atom. The lowest BCUT2D eigenvalue weighted by Gasteiger charge is -2.10. The molecule has 3 aromatic rings. The number of anilines is 1. The Labute approximate surface area is 181 Å². The number of benzene rings is 2. The molecule has 3 N–H and O–H groups in total. The molecule has 0 bridgehead atoms. The van der Waals surface area contributed by atoms with Gasteiger partial charge in [0.1, 0.15) is 17.4 Å². The molecule has 2 aromatic carbocycles. The van der Waals surface area contributed by atoms with Gasteiger partial charge in [-0.15, -0.1) is 0 Å². The zero-order chi connectivity index (χ0) is 22.2. The first-order chi connectivity index (χ1) is 15.0. The van der Waals surface area contributed by atoms with Crippen LogP contribution in [0.5, 0.6) is 11.8 Å². The molecule has 3 rings (SSSR count). The van der Waals surface area contributed by atoms with Crippen molar-refractivity contribution < 1.29 is 14.3 Å². The van der Waals surface area contributed by atoms with E-state index in [2.05, 4.69) is 20.3 Å². The van der Waals surface area contributed by atoms with Gasteiger partial charge in [0.2, 0.25) is 0 Å². The molecule has 8 heteroatoms. The first kappa shape index (κ1) is 21.8. The molecule has 0 aliphatic rings. The summed E-state index contributed by atoms with van der Waals surface area (Å²) < 4.78 is 10.4. The van der Waals surface area contributed by atoms with Crippen molar-refractivity contribution in [2.75, 3.05) is 26.1 Å². The number of carbonyl (C=O) groups is 1. The van der Waals surface area contributed by atoms with Crippen molar-refractivity contribution in [2.24, 2.45) is 10.7 Å². The average Bonchev–Trinajstić information content (AvgIpc) is 2.79. The summed E-state index contributed by atoms with van der Waals surface area (Å²) in [6.07, 6.45) is 0.812. The van der Waals surface area contributed by atoms with E-state index in [1.807, 2.05) is 36.4 Å². The minimum absolute atomic E-state index is 0.211. The number of hydrogen-bond donors (Lipinski definition) is 2. The lowest BCUT2D eigenvalue weighted by molar-refractivity contribution is 0.100. The number of nitrogens with one attached hydrogen (secondary N) is 1. The van der Waals surface area contributed by atoms with Crippen molar-refractivity contribution in [3.05, 3.63) is 65.7 Å². The van der Waals surface area contributed by atoms with Gasteiger partial charge in [-0.3, -0.25) is 4.79 Å². The number of methoxy groups -OCH3 is 2. The molecule has 0 radical (unpaired) electrons. The van der Waals surface area contributed by atoms with E-state index in [1.165, 1.54) is 12.7 Å². The van der Waals surface area contributed by atoms with E-state index >= 15 is 0 Å². The summed E-state index contributed by atoms with van der Waals surface area (Å²) in [7, 11) is 3.16. The van der Waals surface area contributed by atoms with Crippen LogP contribution in [0.2, 0.25) is 0 Å². The summed E-state index contributed by atoms with van der Waals surface area (Å²) in [5.41, 5.74) is 8.49. The SMILES string of the molecule is COc1ccc(CCNc2cc(-c3cccc(C(=O)N=C(C)N)c3)nc(OC)n2)cc1. The van der Waals surface area contributed by atoms with Crippen LogP contribution in [0.3, 0.4) is 0 Å². The summed E-state index contributed by atoms with van der Waals surface area (Å²) in [5, 5.41) is 3.30. The van der Waals surface area contributed by atoms with Crippen LogP contribution in [0, 0.1) is 0 Å². The van der Waals surface area contributed by atoms with E-state index in [4.69, 9.17) is 15.2 Å². The summed E-state index contributed by atoms with van der Waals surface area (Å²) in [6, 6.07) is 17.0. The van der Waals surface area contributed by atoms with E-state index in [0.717, 1.165) is 17.7 Å². The Balaban J connectivity index is 1.77. The number of amides is 1. The Morgan fingerprint density at radius 3 is 2.52 bits per heavy atom. The maximum atomic E-state index is 12.2. The molecule has 0 aliphatic heterocycles. The monoisotopic (exact) mass is 419 g/mol. The standard InChI is InChI=1S/C23H25N5O3/c1-15(24)26-22(29)18-6-4-5-17(13-18)20-14-21(28-23(27-20)31-3)25-12-11-16-7-9-19(30-2)10-8-16/h4-10,13-14H,11-12H2,1-3H3,(H2,24,26,29)(H,25,27,28). The Hall–Kier alpha value is -3.94. The van der Waals surface area contributed by atoms with Crippen molar-refractivity contribution in [1.82, 2.24) is 9.97 Å². The van der Waals surface area contributed by atoms with Crippen molar-refractivity contribution in [3.63, 3.8) is 0 Å². The summed E-state index contributed by atoms with van der Waals surface area (Å²) >= 11 is 0. The molecule has 0 fully saturated rings. The predicted octanol–water partition coefficient (Wildman–Crippen LogP) is 3.33. The normalized spacial score (nSPS) is 11.1. The van der Waals surface area contributed by atoms with Gasteiger partial charge >= 0.3 is 6.01 Å². The van der Waals surface area contributed by atoms with Gasteiger partial charge in [-0.25, -0.2) is 0 Å². The highest BCUT2D eigenvalue weighted by Crippen LogP contribution is 2.24. The van der Waals surface area contributed by atoms with Gasteiger partial charge in [0, 0.05) is 23.7 Å². The number of rotatable bonds is 8. The number of carbonyl (C=O) groups excluding carboxylic acids is 1. The van der Waals surface area contributed by atoms with E-state index in [0.29, 0.717) is 23.6 Å². The number of hydrogen-bond acceptors (Lipinski definition) is 6. The Bertz CT molecular complexity index is 1080. The second-order valence-electron chi connectivity index (χ2n) is 6.79. The number of nitrogens with two attached hydrogens (primary N) is 1. The molecule has 160 valence electrons. The molecular formula is C23H25N5O3. The molecule has 0 atom stereocenters. The molecule has 0 unspecified atom stereocenters. The fraction of sp³-hybridized carbons (Fsp3) is 0.217. The van der Waals surface area contributed by atoms with Crippen molar-refractivity contribution in [1.29, 1.82) is 0 Å². The van der Waals surface area contributed by atoms with Gasteiger partial charge in [-0.1, -0.05) is 24.3 Å². The van der Waals surface area contributed by atoms with Gasteiger partial charge in [0.25, 0.3) is 5.91 Å². The molecular weight excluding hydrogens is 394 g/mol. The highest BCUT2D eigenvalue weighted by molar-refractivity contribution is 6.02. The van der Waals surface area contributed by atoms with Crippen LogP contribution in [-0.4, -0.2) is 42.5 Å². The van der Waals surface area contributed by atoms with Crippen LogP contribution in [0.1, 0.15) is 22.8 Å². The predicted molar refractivity (Wildman–Crippen MR) is 121 cm³/mol. The molecule has 1 heterocycles. The van der Waals surface area contributed by atoms with Crippen molar-refractivity contribution in [3.8, 4) is 23.0 Å². The van der Waals surface area contributed by atoms with Crippen LogP contribution in [0.15, 0.2) is 59.6 Å². The second-order valence-corrected chi connectivity index (χ2v) is 6.79. The van der Waals surface area contributed by atoms with Gasteiger partial charge < -0.3 is 20.5 Å². The molecule has 1 amide bonds. The quantitative estimate of drug-likeness (QED) is 0.425. The summed E-state index contributed by atoms with van der Waals surface area (Å²) in [5.74, 6) is 1.26. The maximum absolute atomic E-state index is 12.2. The maximum Gasteiger partial charge on any atom is 0.318 e. The van der Waals surface area contributed by atoms with Gasteiger partial charge in [0.15, 0.2) is 0 Å².